The number of carbonyl (C=O) groups is 1. The van der Waals surface area contributed by atoms with Crippen molar-refractivity contribution in [2.75, 3.05) is 13.2 Å². The molecule has 0 N–H and O–H groups in total. The number of ketones is 1. The fraction of sp³-hybridized carbons (Fsp3) is 0.625. The molecule has 0 saturated heterocycles. The number of halogens is 2. The van der Waals surface area contributed by atoms with Crippen LogP contribution in [0.25, 0.3) is 0 Å². The Morgan fingerprint density at radius 3 is 2.44 bits per heavy atom. The largest absolute Gasteiger partial charge is 0.529 e. The molecule has 5 nitrogen and oxygen atoms in total. The number of Topliss-reactive ketones (excluding diaryl/α,β-unsaturated/α-hetero) is 1. The Morgan fingerprint density at radius 1 is 1.38 bits per heavy atom. The van der Waals surface area contributed by atoms with Gasteiger partial charge in [-0.2, -0.15) is 0 Å². The highest BCUT2D eigenvalue weighted by molar-refractivity contribution is 7.48. The second-order valence-corrected chi connectivity index (χ2v) is 5.29. The molecule has 0 saturated carbocycles. The quantitative estimate of drug-likeness (QED) is 0.506. The Balaban J connectivity index is 4.27. The minimum atomic E-state index is -3.73. The molecule has 0 aromatic heterocycles. The predicted octanol–water partition coefficient (Wildman–Crippen LogP) is 3.42. The normalized spacial score (nSPS) is 14.0. The minimum Gasteiger partial charge on any atom is -0.409 e. The van der Waals surface area contributed by atoms with Crippen LogP contribution in [-0.2, 0) is 22.9 Å². The van der Waals surface area contributed by atoms with E-state index < -0.39 is 7.82 Å². The third kappa shape index (κ3) is 8.13. The molecule has 0 rings (SSSR count). The monoisotopic (exact) mass is 290 g/mol. The molecule has 0 radical (unpaired) electrons. The molecule has 0 aromatic rings. The molecule has 8 heteroatoms. The van der Waals surface area contributed by atoms with Crippen LogP contribution >= 0.6 is 31.0 Å². The fourth-order valence-corrected chi connectivity index (χ4v) is 1.94. The summed E-state index contributed by atoms with van der Waals surface area (Å²) in [6.07, 6.45) is 0.978. The Bertz CT molecular complexity index is 301. The number of phosphoric ester groups is 1. The molecule has 0 aliphatic rings. The summed E-state index contributed by atoms with van der Waals surface area (Å²) in [6, 6.07) is 0. The van der Waals surface area contributed by atoms with Crippen LogP contribution in [0.1, 0.15) is 20.3 Å². The van der Waals surface area contributed by atoms with E-state index in [1.54, 1.807) is 6.92 Å². The lowest BCUT2D eigenvalue weighted by Gasteiger charge is -2.15. The summed E-state index contributed by atoms with van der Waals surface area (Å²) in [7, 11) is -3.73. The van der Waals surface area contributed by atoms with Crippen molar-refractivity contribution in [2.45, 2.75) is 20.3 Å². The molecule has 0 heterocycles. The van der Waals surface area contributed by atoms with Crippen molar-refractivity contribution >= 4 is 36.8 Å². The average Bonchev–Trinajstić information content (AvgIpc) is 2.15. The Hall–Kier alpha value is -0.0600. The topological polar surface area (TPSA) is 61.8 Å². The van der Waals surface area contributed by atoms with E-state index in [0.717, 1.165) is 6.26 Å². The SMILES string of the molecule is CCOP(=O)(OC=C(Cl)Cl)OCCC(C)=O. The van der Waals surface area contributed by atoms with Crippen LogP contribution in [-0.4, -0.2) is 19.0 Å². The first kappa shape index (κ1) is 15.9. The van der Waals surface area contributed by atoms with Gasteiger partial charge in [-0.1, -0.05) is 23.2 Å². The summed E-state index contributed by atoms with van der Waals surface area (Å²) in [5, 5.41) is 0. The third-order valence-electron chi connectivity index (χ3n) is 1.26. The number of phosphoric acid groups is 1. The van der Waals surface area contributed by atoms with E-state index in [4.69, 9.17) is 32.2 Å². The van der Waals surface area contributed by atoms with E-state index in [9.17, 15) is 9.36 Å². The standard InChI is InChI=1S/C8H13Cl2O5P/c1-3-13-16(12,15-6-8(9)10)14-5-4-7(2)11/h6H,3-5H2,1-2H3. The molecule has 1 unspecified atom stereocenters. The van der Waals surface area contributed by atoms with E-state index in [-0.39, 0.29) is 29.9 Å². The number of hydrogen-bond donors (Lipinski definition) is 0. The van der Waals surface area contributed by atoms with Crippen molar-refractivity contribution in [1.29, 1.82) is 0 Å². The van der Waals surface area contributed by atoms with Crippen molar-refractivity contribution < 1.29 is 22.9 Å². The zero-order valence-corrected chi connectivity index (χ0v) is 11.3. The van der Waals surface area contributed by atoms with Crippen LogP contribution in [0, 0.1) is 0 Å². The van der Waals surface area contributed by atoms with Gasteiger partial charge in [0.25, 0.3) is 0 Å². The lowest BCUT2D eigenvalue weighted by Crippen LogP contribution is -2.02. The molecule has 1 atom stereocenters. The average molecular weight is 291 g/mol. The summed E-state index contributed by atoms with van der Waals surface area (Å²) in [5.41, 5.74) is 0. The molecule has 94 valence electrons. The number of carbonyl (C=O) groups excluding carboxylic acids is 1. The van der Waals surface area contributed by atoms with Gasteiger partial charge in [-0.3, -0.25) is 13.8 Å². The minimum absolute atomic E-state index is 0.0552. The van der Waals surface area contributed by atoms with E-state index in [1.165, 1.54) is 6.92 Å². The van der Waals surface area contributed by atoms with E-state index in [2.05, 4.69) is 4.52 Å². The maximum Gasteiger partial charge on any atom is 0.529 e. The second-order valence-electron chi connectivity index (χ2n) is 2.66. The zero-order chi connectivity index (χ0) is 12.6. The highest BCUT2D eigenvalue weighted by Crippen LogP contribution is 2.50. The summed E-state index contributed by atoms with van der Waals surface area (Å²) < 4.78 is 25.9. The van der Waals surface area contributed by atoms with Crippen molar-refractivity contribution in [2.24, 2.45) is 0 Å². The smallest absolute Gasteiger partial charge is 0.409 e. The maximum atomic E-state index is 11.8. The molecular weight excluding hydrogens is 278 g/mol. The zero-order valence-electron chi connectivity index (χ0n) is 8.94. The predicted molar refractivity (Wildman–Crippen MR) is 61.4 cm³/mol. The molecule has 0 spiro atoms. The maximum absolute atomic E-state index is 11.8. The first-order valence-electron chi connectivity index (χ1n) is 4.47. The first-order chi connectivity index (χ1) is 7.39. The van der Waals surface area contributed by atoms with E-state index in [1.807, 2.05) is 0 Å². The van der Waals surface area contributed by atoms with Crippen molar-refractivity contribution in [3.63, 3.8) is 0 Å². The van der Waals surface area contributed by atoms with E-state index >= 15 is 0 Å². The molecule has 16 heavy (non-hydrogen) atoms. The highest BCUT2D eigenvalue weighted by Gasteiger charge is 2.26. The summed E-state index contributed by atoms with van der Waals surface area (Å²) in [5.74, 6) is -0.0889. The van der Waals surface area contributed by atoms with Gasteiger partial charge in [0, 0.05) is 6.42 Å². The van der Waals surface area contributed by atoms with Gasteiger partial charge in [0.15, 0.2) is 0 Å². The molecule has 0 aliphatic heterocycles. The summed E-state index contributed by atoms with van der Waals surface area (Å²) >= 11 is 10.6. The Morgan fingerprint density at radius 2 is 2.00 bits per heavy atom. The molecule has 0 aromatic carbocycles. The van der Waals surface area contributed by atoms with Gasteiger partial charge in [-0.15, -0.1) is 0 Å². The van der Waals surface area contributed by atoms with Gasteiger partial charge >= 0.3 is 7.82 Å². The summed E-state index contributed by atoms with van der Waals surface area (Å²) in [4.78, 5) is 10.6. The molecule has 0 amide bonds. The lowest BCUT2D eigenvalue weighted by molar-refractivity contribution is -0.117. The van der Waals surface area contributed by atoms with Gasteiger partial charge < -0.3 is 4.52 Å². The molecule has 0 bridgehead atoms. The number of hydrogen-bond acceptors (Lipinski definition) is 5. The Labute approximate surface area is 104 Å². The van der Waals surface area contributed by atoms with Crippen LogP contribution in [0.4, 0.5) is 0 Å². The van der Waals surface area contributed by atoms with Gasteiger partial charge in [0.1, 0.15) is 16.5 Å². The first-order valence-corrected chi connectivity index (χ1v) is 6.69. The Kier molecular flexibility index (Phi) is 8.06. The van der Waals surface area contributed by atoms with Crippen molar-refractivity contribution in [1.82, 2.24) is 0 Å². The highest BCUT2D eigenvalue weighted by atomic mass is 35.5. The van der Waals surface area contributed by atoms with Gasteiger partial charge in [0.05, 0.1) is 13.2 Å². The van der Waals surface area contributed by atoms with Crippen molar-refractivity contribution in [3.8, 4) is 0 Å². The molecular formula is C8H13Cl2O5P. The molecule has 0 aliphatic carbocycles. The van der Waals surface area contributed by atoms with Crippen LogP contribution in [0.15, 0.2) is 10.8 Å². The van der Waals surface area contributed by atoms with Crippen LogP contribution < -0.4 is 0 Å². The van der Waals surface area contributed by atoms with Gasteiger partial charge in [-0.25, -0.2) is 4.57 Å². The van der Waals surface area contributed by atoms with E-state index in [0.29, 0.717) is 0 Å². The number of rotatable bonds is 8. The van der Waals surface area contributed by atoms with Crippen LogP contribution in [0.3, 0.4) is 0 Å². The fourth-order valence-electron chi connectivity index (χ4n) is 0.662. The summed E-state index contributed by atoms with van der Waals surface area (Å²) in [6.45, 7) is 3.09. The van der Waals surface area contributed by atoms with Crippen molar-refractivity contribution in [3.05, 3.63) is 10.8 Å². The van der Waals surface area contributed by atoms with Crippen LogP contribution in [0.2, 0.25) is 0 Å². The third-order valence-corrected chi connectivity index (χ3v) is 2.88. The second kappa shape index (κ2) is 8.09. The molecule has 0 fully saturated rings. The van der Waals surface area contributed by atoms with Gasteiger partial charge in [0.2, 0.25) is 0 Å². The van der Waals surface area contributed by atoms with Gasteiger partial charge in [-0.05, 0) is 13.8 Å². The van der Waals surface area contributed by atoms with Crippen LogP contribution in [0.5, 0.6) is 0 Å². The lowest BCUT2D eigenvalue weighted by atomic mass is 10.3.